The molecular weight excluding hydrogens is 287 g/mol. The van der Waals surface area contributed by atoms with Gasteiger partial charge in [0.25, 0.3) is 0 Å². The number of hydrogen-bond acceptors (Lipinski definition) is 2. The minimum atomic E-state index is -0.381. The zero-order valence-electron chi connectivity index (χ0n) is 9.49. The van der Waals surface area contributed by atoms with Crippen molar-refractivity contribution < 1.29 is 9.18 Å². The highest BCUT2D eigenvalue weighted by Gasteiger charge is 2.34. The Bertz CT molecular complexity index is 452. The molecule has 1 heterocycles. The fourth-order valence-electron chi connectivity index (χ4n) is 2.25. The van der Waals surface area contributed by atoms with Gasteiger partial charge in [-0.05, 0) is 24.6 Å². The molecule has 0 saturated carbocycles. The zero-order valence-corrected chi connectivity index (χ0v) is 11.1. The molecule has 1 aromatic carbocycles. The van der Waals surface area contributed by atoms with Crippen molar-refractivity contribution in [3.8, 4) is 0 Å². The number of carbonyl (C=O) groups excluding carboxylic acids is 1. The number of likely N-dealkylation sites (N-methyl/N-ethyl adjacent to an activating group) is 1. The first-order valence-corrected chi connectivity index (χ1v) is 6.26. The Morgan fingerprint density at radius 1 is 1.53 bits per heavy atom. The van der Waals surface area contributed by atoms with Gasteiger partial charge in [0.2, 0.25) is 5.91 Å². The Morgan fingerprint density at radius 2 is 2.24 bits per heavy atom. The van der Waals surface area contributed by atoms with Crippen molar-refractivity contribution in [2.75, 3.05) is 7.05 Å². The lowest BCUT2D eigenvalue weighted by atomic mass is 9.91. The summed E-state index contributed by atoms with van der Waals surface area (Å²) in [5.41, 5.74) is 6.48. The smallest absolute Gasteiger partial charge is 0.222 e. The molecule has 0 spiro atoms. The summed E-state index contributed by atoms with van der Waals surface area (Å²) in [4.78, 5) is 13.2. The van der Waals surface area contributed by atoms with E-state index in [9.17, 15) is 9.18 Å². The number of rotatable bonds is 1. The van der Waals surface area contributed by atoms with E-state index in [2.05, 4.69) is 15.9 Å². The maximum atomic E-state index is 13.8. The normalized spacial score (nSPS) is 25.2. The van der Waals surface area contributed by atoms with E-state index < -0.39 is 0 Å². The van der Waals surface area contributed by atoms with Crippen LogP contribution >= 0.6 is 15.9 Å². The van der Waals surface area contributed by atoms with E-state index in [-0.39, 0.29) is 23.8 Å². The van der Waals surface area contributed by atoms with Crippen molar-refractivity contribution in [3.05, 3.63) is 34.1 Å². The van der Waals surface area contributed by atoms with Gasteiger partial charge >= 0.3 is 0 Å². The number of likely N-dealkylation sites (tertiary alicyclic amines) is 1. The van der Waals surface area contributed by atoms with Crippen LogP contribution in [0, 0.1) is 5.82 Å². The van der Waals surface area contributed by atoms with Gasteiger partial charge in [-0.3, -0.25) is 4.79 Å². The van der Waals surface area contributed by atoms with Crippen LogP contribution < -0.4 is 5.73 Å². The van der Waals surface area contributed by atoms with Gasteiger partial charge in [-0.1, -0.05) is 15.9 Å². The van der Waals surface area contributed by atoms with Crippen molar-refractivity contribution in [2.45, 2.75) is 24.9 Å². The molecule has 17 heavy (non-hydrogen) atoms. The van der Waals surface area contributed by atoms with Crippen LogP contribution in [0.5, 0.6) is 0 Å². The molecule has 0 aliphatic carbocycles. The van der Waals surface area contributed by atoms with Crippen molar-refractivity contribution in [2.24, 2.45) is 5.73 Å². The summed E-state index contributed by atoms with van der Waals surface area (Å²) in [6, 6.07) is 4.11. The molecule has 5 heteroatoms. The van der Waals surface area contributed by atoms with Gasteiger partial charge < -0.3 is 10.6 Å². The summed E-state index contributed by atoms with van der Waals surface area (Å²) in [6.45, 7) is 0. The second kappa shape index (κ2) is 4.74. The predicted octanol–water partition coefficient (Wildman–Crippen LogP) is 2.21. The van der Waals surface area contributed by atoms with E-state index in [0.29, 0.717) is 18.4 Å². The first kappa shape index (κ1) is 12.5. The molecule has 1 saturated heterocycles. The van der Waals surface area contributed by atoms with Gasteiger partial charge in [0.15, 0.2) is 0 Å². The van der Waals surface area contributed by atoms with Crippen LogP contribution in [0.15, 0.2) is 22.7 Å². The lowest BCUT2D eigenvalue weighted by Gasteiger charge is -2.37. The van der Waals surface area contributed by atoms with E-state index >= 15 is 0 Å². The Hall–Kier alpha value is -0.940. The maximum Gasteiger partial charge on any atom is 0.222 e. The van der Waals surface area contributed by atoms with E-state index in [4.69, 9.17) is 5.73 Å². The quantitative estimate of drug-likeness (QED) is 0.864. The third-order valence-electron chi connectivity index (χ3n) is 3.18. The summed E-state index contributed by atoms with van der Waals surface area (Å²) >= 11 is 3.31. The van der Waals surface area contributed by atoms with Gasteiger partial charge in [0.05, 0.1) is 6.04 Å². The number of nitrogens with zero attached hydrogens (tertiary/aromatic N) is 1. The average Bonchev–Trinajstić information content (AvgIpc) is 2.29. The largest absolute Gasteiger partial charge is 0.337 e. The van der Waals surface area contributed by atoms with Crippen molar-refractivity contribution in [1.82, 2.24) is 4.90 Å². The second-order valence-electron chi connectivity index (χ2n) is 4.32. The Labute approximate surface area is 108 Å². The van der Waals surface area contributed by atoms with E-state index in [1.54, 1.807) is 24.1 Å². The molecule has 1 aliphatic rings. The molecular formula is C12H14BrFN2O. The van der Waals surface area contributed by atoms with Crippen LogP contribution in [0.25, 0.3) is 0 Å². The van der Waals surface area contributed by atoms with Crippen molar-refractivity contribution in [1.29, 1.82) is 0 Å². The van der Waals surface area contributed by atoms with Gasteiger partial charge in [-0.2, -0.15) is 0 Å². The number of hydrogen-bond donors (Lipinski definition) is 1. The standard InChI is InChI=1S/C12H14BrFN2O/c1-16-11(17)5-4-10(15)12(16)8-6-7(13)2-3-9(8)14/h2-3,6,10,12H,4-5,15H2,1H3. The number of carbonyl (C=O) groups is 1. The summed E-state index contributed by atoms with van der Waals surface area (Å²) in [5.74, 6) is -0.314. The van der Waals surface area contributed by atoms with Crippen molar-refractivity contribution in [3.63, 3.8) is 0 Å². The molecule has 1 amide bonds. The van der Waals surface area contributed by atoms with Crippen LogP contribution in [-0.2, 0) is 4.79 Å². The molecule has 1 fully saturated rings. The third-order valence-corrected chi connectivity index (χ3v) is 3.68. The number of nitrogens with two attached hydrogens (primary N) is 1. The SMILES string of the molecule is CN1C(=O)CCC(N)C1c1cc(Br)ccc1F. The fourth-order valence-corrected chi connectivity index (χ4v) is 2.63. The van der Waals surface area contributed by atoms with E-state index in [0.717, 1.165) is 4.47 Å². The molecule has 1 aromatic rings. The van der Waals surface area contributed by atoms with Crippen LogP contribution in [0.1, 0.15) is 24.4 Å². The zero-order chi connectivity index (χ0) is 12.6. The summed E-state index contributed by atoms with van der Waals surface area (Å²) in [7, 11) is 1.67. The van der Waals surface area contributed by atoms with E-state index in [1.807, 2.05) is 0 Å². The second-order valence-corrected chi connectivity index (χ2v) is 5.23. The molecule has 2 rings (SSSR count). The molecule has 2 atom stereocenters. The van der Waals surface area contributed by atoms with Gasteiger partial charge in [0.1, 0.15) is 5.82 Å². The minimum Gasteiger partial charge on any atom is -0.337 e. The van der Waals surface area contributed by atoms with Gasteiger partial charge in [-0.25, -0.2) is 4.39 Å². The number of halogens is 2. The Morgan fingerprint density at radius 3 is 2.94 bits per heavy atom. The first-order chi connectivity index (χ1) is 8.00. The lowest BCUT2D eigenvalue weighted by molar-refractivity contribution is -0.135. The molecule has 3 nitrogen and oxygen atoms in total. The summed E-state index contributed by atoms with van der Waals surface area (Å²) in [6.07, 6.45) is 1.03. The first-order valence-electron chi connectivity index (χ1n) is 5.47. The predicted molar refractivity (Wildman–Crippen MR) is 66.8 cm³/mol. The number of benzene rings is 1. The molecule has 0 radical (unpaired) electrons. The summed E-state index contributed by atoms with van der Waals surface area (Å²) in [5, 5.41) is 0. The molecule has 92 valence electrons. The highest BCUT2D eigenvalue weighted by atomic mass is 79.9. The van der Waals surface area contributed by atoms with Gasteiger partial charge in [0, 0.05) is 29.5 Å². The van der Waals surface area contributed by atoms with Crippen LogP contribution in [0.2, 0.25) is 0 Å². The van der Waals surface area contributed by atoms with Crippen molar-refractivity contribution >= 4 is 21.8 Å². The monoisotopic (exact) mass is 300 g/mol. The Balaban J connectivity index is 2.42. The minimum absolute atomic E-state index is 0.0103. The molecule has 2 unspecified atom stereocenters. The fraction of sp³-hybridized carbons (Fsp3) is 0.417. The van der Waals surface area contributed by atoms with Crippen LogP contribution in [0.3, 0.4) is 0 Å². The van der Waals surface area contributed by atoms with Crippen LogP contribution in [-0.4, -0.2) is 23.9 Å². The highest BCUT2D eigenvalue weighted by Crippen LogP contribution is 2.32. The maximum absolute atomic E-state index is 13.8. The lowest BCUT2D eigenvalue weighted by Crippen LogP contribution is -2.47. The molecule has 1 aliphatic heterocycles. The molecule has 2 N–H and O–H groups in total. The van der Waals surface area contributed by atoms with Crippen LogP contribution in [0.4, 0.5) is 4.39 Å². The number of piperidine rings is 1. The molecule has 0 bridgehead atoms. The number of amides is 1. The molecule has 0 aromatic heterocycles. The average molecular weight is 301 g/mol. The van der Waals surface area contributed by atoms with Gasteiger partial charge in [-0.15, -0.1) is 0 Å². The third kappa shape index (κ3) is 2.35. The highest BCUT2D eigenvalue weighted by molar-refractivity contribution is 9.10. The topological polar surface area (TPSA) is 46.3 Å². The summed E-state index contributed by atoms with van der Waals surface area (Å²) < 4.78 is 14.6. The Kier molecular flexibility index (Phi) is 3.49. The van der Waals surface area contributed by atoms with E-state index in [1.165, 1.54) is 6.07 Å².